The summed E-state index contributed by atoms with van der Waals surface area (Å²) in [4.78, 5) is 0. The maximum Gasteiger partial charge on any atom is 0.216 e. The molecule has 0 saturated heterocycles. The first kappa shape index (κ1) is 25.5. The number of fused-ring (bicyclic) bond motifs is 3. The van der Waals surface area contributed by atoms with E-state index in [9.17, 15) is 5.26 Å². The molecule has 0 aliphatic rings. The Balaban J connectivity index is 1.61. The van der Waals surface area contributed by atoms with Crippen molar-refractivity contribution >= 4 is 21.9 Å². The Morgan fingerprint density at radius 3 is 2.15 bits per heavy atom. The lowest BCUT2D eigenvalue weighted by Crippen LogP contribution is -2.33. The number of aryl methyl sites for hydroxylation is 2. The molecule has 3 nitrogen and oxygen atoms in total. The summed E-state index contributed by atoms with van der Waals surface area (Å²) in [6.07, 6.45) is 1.55. The van der Waals surface area contributed by atoms with E-state index < -0.39 is 0 Å². The van der Waals surface area contributed by atoms with Gasteiger partial charge in [0.05, 0.1) is 17.2 Å². The Morgan fingerprint density at radius 1 is 0.800 bits per heavy atom. The molecule has 0 saturated carbocycles. The number of aromatic nitrogens is 1. The molecule has 0 aliphatic carbocycles. The number of hydrogen-bond acceptors (Lipinski definition) is 2. The fourth-order valence-electron chi connectivity index (χ4n) is 5.55. The van der Waals surface area contributed by atoms with Crippen LogP contribution in [-0.2, 0) is 12.5 Å². The number of halogens is 1. The van der Waals surface area contributed by atoms with Gasteiger partial charge in [0.2, 0.25) is 11.9 Å². The zero-order valence-corrected chi connectivity index (χ0v) is 23.3. The average Bonchev–Trinajstić information content (AvgIpc) is 3.31. The molecule has 0 radical (unpaired) electrons. The zero-order chi connectivity index (χ0) is 28.2. The Kier molecular flexibility index (Phi) is 6.04. The molecule has 2 aromatic heterocycles. The Labute approximate surface area is 233 Å². The topological polar surface area (TPSA) is 40.8 Å². The van der Waals surface area contributed by atoms with E-state index in [-0.39, 0.29) is 11.2 Å². The molecule has 0 unspecified atom stereocenters. The van der Waals surface area contributed by atoms with Crippen LogP contribution >= 0.6 is 0 Å². The van der Waals surface area contributed by atoms with E-state index in [4.69, 9.17) is 4.42 Å². The molecule has 4 aromatic carbocycles. The van der Waals surface area contributed by atoms with E-state index in [0.717, 1.165) is 61.0 Å². The van der Waals surface area contributed by atoms with Gasteiger partial charge in [-0.2, -0.15) is 9.83 Å². The van der Waals surface area contributed by atoms with Gasteiger partial charge in [0, 0.05) is 28.0 Å². The number of rotatable bonds is 3. The third-order valence-electron chi connectivity index (χ3n) is 7.67. The van der Waals surface area contributed by atoms with Crippen LogP contribution in [0.3, 0.4) is 0 Å². The predicted octanol–water partition coefficient (Wildman–Crippen LogP) is 9.03. The molecule has 0 fully saturated rings. The summed E-state index contributed by atoms with van der Waals surface area (Å²) in [6, 6.07) is 30.8. The molecule has 6 rings (SSSR count). The first-order valence-corrected chi connectivity index (χ1v) is 13.4. The largest absolute Gasteiger partial charge is 0.454 e. The van der Waals surface area contributed by atoms with Crippen molar-refractivity contribution in [3.05, 3.63) is 114 Å². The summed E-state index contributed by atoms with van der Waals surface area (Å²) < 4.78 is 23.5. The second kappa shape index (κ2) is 9.47. The van der Waals surface area contributed by atoms with E-state index in [1.807, 2.05) is 75.7 Å². The van der Waals surface area contributed by atoms with E-state index >= 15 is 4.39 Å². The maximum absolute atomic E-state index is 15.0. The van der Waals surface area contributed by atoms with Gasteiger partial charge in [-0.3, -0.25) is 0 Å². The lowest BCUT2D eigenvalue weighted by Gasteiger charge is -2.19. The number of hydrogen-bond donors (Lipinski definition) is 0. The Hall–Kier alpha value is -4.75. The standard InChI is InChI=1S/C36H30FN2O/c1-22-11-16-27-29-18-23(20-38)17-28(26-14-12-25(13-15-26)24-9-7-6-8-10-24)34(29)40-35(27)33(22)32-19-30(36(2,3)4)31(37)21-39(32)5/h6-19,21H,1-5H3/q+1. The Morgan fingerprint density at radius 2 is 1.48 bits per heavy atom. The second-order valence-electron chi connectivity index (χ2n) is 11.5. The van der Waals surface area contributed by atoms with Crippen LogP contribution in [0, 0.1) is 24.1 Å². The highest BCUT2D eigenvalue weighted by molar-refractivity contribution is 6.13. The van der Waals surface area contributed by atoms with Crippen molar-refractivity contribution in [3.8, 4) is 39.6 Å². The first-order chi connectivity index (χ1) is 19.2. The molecule has 196 valence electrons. The van der Waals surface area contributed by atoms with Gasteiger partial charge in [-0.05, 0) is 46.7 Å². The molecule has 0 atom stereocenters. The molecule has 6 aromatic rings. The molecular weight excluding hydrogens is 495 g/mol. The van der Waals surface area contributed by atoms with Gasteiger partial charge in [-0.25, -0.2) is 4.39 Å². The second-order valence-corrected chi connectivity index (χ2v) is 11.5. The highest BCUT2D eigenvalue weighted by atomic mass is 19.1. The molecule has 0 aliphatic heterocycles. The fourth-order valence-corrected chi connectivity index (χ4v) is 5.55. The minimum absolute atomic E-state index is 0.229. The van der Waals surface area contributed by atoms with Crippen molar-refractivity contribution in [1.82, 2.24) is 0 Å². The highest BCUT2D eigenvalue weighted by Crippen LogP contribution is 2.42. The van der Waals surface area contributed by atoms with Crippen molar-refractivity contribution in [3.63, 3.8) is 0 Å². The van der Waals surface area contributed by atoms with Crippen LogP contribution in [0.15, 0.2) is 95.5 Å². The molecule has 40 heavy (non-hydrogen) atoms. The average molecular weight is 526 g/mol. The predicted molar refractivity (Wildman–Crippen MR) is 159 cm³/mol. The van der Waals surface area contributed by atoms with Crippen LogP contribution in [0.2, 0.25) is 0 Å². The molecule has 2 heterocycles. The third kappa shape index (κ3) is 4.25. The number of benzene rings is 4. The van der Waals surface area contributed by atoms with Gasteiger partial charge in [0.25, 0.3) is 0 Å². The van der Waals surface area contributed by atoms with Gasteiger partial charge in [-0.1, -0.05) is 87.5 Å². The molecular formula is C36H30FN2O+. The van der Waals surface area contributed by atoms with Gasteiger partial charge in [0.1, 0.15) is 18.2 Å². The van der Waals surface area contributed by atoms with Crippen LogP contribution < -0.4 is 4.57 Å². The Bertz CT molecular complexity index is 1950. The highest BCUT2D eigenvalue weighted by Gasteiger charge is 2.28. The summed E-state index contributed by atoms with van der Waals surface area (Å²) >= 11 is 0. The number of nitriles is 1. The van der Waals surface area contributed by atoms with Crippen molar-refractivity contribution in [1.29, 1.82) is 5.26 Å². The van der Waals surface area contributed by atoms with Gasteiger partial charge < -0.3 is 4.42 Å². The van der Waals surface area contributed by atoms with Crippen molar-refractivity contribution in [2.24, 2.45) is 7.05 Å². The third-order valence-corrected chi connectivity index (χ3v) is 7.67. The lowest BCUT2D eigenvalue weighted by molar-refractivity contribution is -0.662. The van der Waals surface area contributed by atoms with Gasteiger partial charge in [0.15, 0.2) is 5.82 Å². The zero-order valence-electron chi connectivity index (χ0n) is 23.3. The minimum atomic E-state index is -0.358. The van der Waals surface area contributed by atoms with E-state index in [1.54, 1.807) is 6.20 Å². The van der Waals surface area contributed by atoms with Crippen LogP contribution in [-0.4, -0.2) is 0 Å². The summed E-state index contributed by atoms with van der Waals surface area (Å²) in [7, 11) is 1.86. The molecule has 0 spiro atoms. The monoisotopic (exact) mass is 525 g/mol. The maximum atomic E-state index is 15.0. The van der Waals surface area contributed by atoms with Gasteiger partial charge in [-0.15, -0.1) is 0 Å². The van der Waals surface area contributed by atoms with Crippen molar-refractivity contribution in [2.75, 3.05) is 0 Å². The molecule has 0 N–H and O–H groups in total. The molecule has 0 bridgehead atoms. The summed E-state index contributed by atoms with van der Waals surface area (Å²) in [5.41, 5.74) is 9.27. The number of furan rings is 1. The van der Waals surface area contributed by atoms with Crippen molar-refractivity contribution < 1.29 is 13.4 Å². The molecule has 4 heteroatoms. The number of pyridine rings is 1. The smallest absolute Gasteiger partial charge is 0.216 e. The van der Waals surface area contributed by atoms with E-state index in [2.05, 4.69) is 54.6 Å². The molecule has 0 amide bonds. The summed E-state index contributed by atoms with van der Waals surface area (Å²) in [5, 5.41) is 11.7. The number of nitrogens with zero attached hydrogens (tertiary/aromatic N) is 2. The van der Waals surface area contributed by atoms with Crippen molar-refractivity contribution in [2.45, 2.75) is 33.1 Å². The van der Waals surface area contributed by atoms with E-state index in [0.29, 0.717) is 11.1 Å². The van der Waals surface area contributed by atoms with E-state index in [1.165, 1.54) is 0 Å². The normalized spacial score (nSPS) is 11.7. The first-order valence-electron chi connectivity index (χ1n) is 13.4. The minimum Gasteiger partial charge on any atom is -0.454 e. The van der Waals surface area contributed by atoms with Gasteiger partial charge >= 0.3 is 0 Å². The fraction of sp³-hybridized carbons (Fsp3) is 0.167. The van der Waals surface area contributed by atoms with Crippen LogP contribution in [0.1, 0.15) is 37.5 Å². The quantitative estimate of drug-likeness (QED) is 0.216. The summed E-state index contributed by atoms with van der Waals surface area (Å²) in [5.74, 6) is -0.229. The van der Waals surface area contributed by atoms with Crippen LogP contribution in [0.5, 0.6) is 0 Å². The summed E-state index contributed by atoms with van der Waals surface area (Å²) in [6.45, 7) is 8.10. The van der Waals surface area contributed by atoms with Crippen LogP contribution in [0.25, 0.3) is 55.4 Å². The lowest BCUT2D eigenvalue weighted by atomic mass is 9.86. The SMILES string of the molecule is Cc1ccc2c(oc3c(-c4ccc(-c5ccccc5)cc4)cc(C#N)cc32)c1-c1cc(C(C)(C)C)c(F)c[n+]1C. The van der Waals surface area contributed by atoms with Crippen LogP contribution in [0.4, 0.5) is 4.39 Å².